The lowest BCUT2D eigenvalue weighted by Gasteiger charge is -2.32. The summed E-state index contributed by atoms with van der Waals surface area (Å²) in [7, 11) is 0. The number of morpholine rings is 1. The number of amides is 3. The molecule has 9 N–H and O–H groups in total. The molecule has 210 valence electrons. The molecule has 1 fully saturated rings. The van der Waals surface area contributed by atoms with E-state index in [2.05, 4.69) is 10.6 Å². The SMILES string of the molecule is NC[C@H](O)C[C@H]1NC(=O)[C@@H](N)Cc2cc(ccc2O)-c2ccc(O)c(c2)C[C@H](C(=O)N2CCOCC2)NC1=O. The van der Waals surface area contributed by atoms with Gasteiger partial charge in [0, 0.05) is 38.9 Å². The fraction of sp³-hybridized carbons (Fsp3) is 0.444. The van der Waals surface area contributed by atoms with Crippen molar-refractivity contribution in [2.75, 3.05) is 32.8 Å². The first kappa shape index (κ1) is 28.3. The molecule has 12 nitrogen and oxygen atoms in total. The Morgan fingerprint density at radius 3 is 2.15 bits per heavy atom. The highest BCUT2D eigenvalue weighted by Crippen LogP contribution is 2.31. The van der Waals surface area contributed by atoms with Crippen LogP contribution >= 0.6 is 0 Å². The molecule has 2 aliphatic heterocycles. The third-order valence-electron chi connectivity index (χ3n) is 7.04. The number of carbonyl (C=O) groups is 3. The highest BCUT2D eigenvalue weighted by Gasteiger charge is 2.33. The number of nitrogens with zero attached hydrogens (tertiary/aromatic N) is 1. The second kappa shape index (κ2) is 12.4. The Balaban J connectivity index is 1.78. The van der Waals surface area contributed by atoms with Gasteiger partial charge in [-0.3, -0.25) is 14.4 Å². The second-order valence-electron chi connectivity index (χ2n) is 9.89. The van der Waals surface area contributed by atoms with E-state index in [1.165, 1.54) is 12.1 Å². The number of aromatic hydroxyl groups is 2. The Labute approximate surface area is 225 Å². The van der Waals surface area contributed by atoms with Gasteiger partial charge in [-0.15, -0.1) is 0 Å². The number of hydrogen-bond donors (Lipinski definition) is 7. The molecule has 2 heterocycles. The molecule has 0 saturated carbocycles. The first-order chi connectivity index (χ1) is 18.7. The number of hydrogen-bond acceptors (Lipinski definition) is 9. The number of phenols is 2. The second-order valence-corrected chi connectivity index (χ2v) is 9.89. The third-order valence-corrected chi connectivity index (χ3v) is 7.04. The molecule has 0 unspecified atom stereocenters. The normalized spacial score (nSPS) is 23.2. The van der Waals surface area contributed by atoms with E-state index in [0.717, 1.165) is 0 Å². The Morgan fingerprint density at radius 2 is 1.56 bits per heavy atom. The minimum Gasteiger partial charge on any atom is -0.508 e. The van der Waals surface area contributed by atoms with Crippen LogP contribution in [0.5, 0.6) is 11.5 Å². The van der Waals surface area contributed by atoms with Crippen molar-refractivity contribution in [3.8, 4) is 22.6 Å². The van der Waals surface area contributed by atoms with Crippen molar-refractivity contribution < 1.29 is 34.4 Å². The number of nitrogens with two attached hydrogens (primary N) is 2. The van der Waals surface area contributed by atoms with Gasteiger partial charge >= 0.3 is 0 Å². The fourth-order valence-corrected chi connectivity index (χ4v) is 4.76. The summed E-state index contributed by atoms with van der Waals surface area (Å²) >= 11 is 0. The molecule has 0 aromatic heterocycles. The van der Waals surface area contributed by atoms with Gasteiger partial charge in [0.15, 0.2) is 0 Å². The van der Waals surface area contributed by atoms with Crippen LogP contribution in [0, 0.1) is 0 Å². The van der Waals surface area contributed by atoms with Crippen LogP contribution in [-0.4, -0.2) is 95.0 Å². The topological polar surface area (TPSA) is 200 Å². The van der Waals surface area contributed by atoms with Crippen molar-refractivity contribution in [3.05, 3.63) is 47.5 Å². The molecule has 0 radical (unpaired) electrons. The summed E-state index contributed by atoms with van der Waals surface area (Å²) in [5.74, 6) is -1.85. The van der Waals surface area contributed by atoms with E-state index in [4.69, 9.17) is 16.2 Å². The van der Waals surface area contributed by atoms with Crippen molar-refractivity contribution in [1.29, 1.82) is 0 Å². The molecule has 4 bridgehead atoms. The lowest BCUT2D eigenvalue weighted by Crippen LogP contribution is -2.58. The zero-order valence-corrected chi connectivity index (χ0v) is 21.5. The van der Waals surface area contributed by atoms with Gasteiger partial charge in [0.1, 0.15) is 23.6 Å². The highest BCUT2D eigenvalue weighted by molar-refractivity contribution is 5.93. The standard InChI is InChI=1S/C27H35N5O7/c28-14-19(33)13-21-26(37)31-22(27(38)32-5-7-39-8-6-32)12-18-10-16(2-4-24(18)35)15-1-3-23(34)17(9-15)11-20(29)25(36)30-21/h1-4,9-10,19-22,33-35H,5-8,11-14,28-29H2,(H,30,36)(H,31,37)/t19-,20+,21-,22-/m1/s1. The number of benzene rings is 2. The molecule has 1 saturated heterocycles. The van der Waals surface area contributed by atoms with Crippen LogP contribution in [-0.2, 0) is 32.0 Å². The largest absolute Gasteiger partial charge is 0.508 e. The molecule has 4 atom stereocenters. The molecule has 2 aliphatic rings. The maximum absolute atomic E-state index is 13.6. The molecule has 2 aromatic carbocycles. The summed E-state index contributed by atoms with van der Waals surface area (Å²) in [5, 5.41) is 36.6. The monoisotopic (exact) mass is 541 g/mol. The zero-order valence-electron chi connectivity index (χ0n) is 21.5. The van der Waals surface area contributed by atoms with E-state index < -0.39 is 36.0 Å². The van der Waals surface area contributed by atoms with Gasteiger partial charge in [-0.05, 0) is 46.5 Å². The lowest BCUT2D eigenvalue weighted by atomic mass is 9.95. The quantitative estimate of drug-likeness (QED) is 0.246. The van der Waals surface area contributed by atoms with Crippen LogP contribution in [0.15, 0.2) is 36.4 Å². The van der Waals surface area contributed by atoms with Gasteiger partial charge in [-0.1, -0.05) is 12.1 Å². The fourth-order valence-electron chi connectivity index (χ4n) is 4.76. The molecule has 0 spiro atoms. The predicted octanol–water partition coefficient (Wildman–Crippen LogP) is -1.27. The highest BCUT2D eigenvalue weighted by atomic mass is 16.5. The van der Waals surface area contributed by atoms with Crippen molar-refractivity contribution >= 4 is 17.7 Å². The molecule has 12 heteroatoms. The van der Waals surface area contributed by atoms with Gasteiger partial charge in [-0.25, -0.2) is 0 Å². The van der Waals surface area contributed by atoms with Gasteiger partial charge in [0.25, 0.3) is 0 Å². The molecule has 4 rings (SSSR count). The van der Waals surface area contributed by atoms with Crippen LogP contribution in [0.4, 0.5) is 0 Å². The van der Waals surface area contributed by atoms with Gasteiger partial charge in [0.05, 0.1) is 25.4 Å². The van der Waals surface area contributed by atoms with E-state index >= 15 is 0 Å². The first-order valence-electron chi connectivity index (χ1n) is 12.9. The number of nitrogens with one attached hydrogen (secondary N) is 2. The van der Waals surface area contributed by atoms with Crippen LogP contribution < -0.4 is 22.1 Å². The van der Waals surface area contributed by atoms with Crippen LogP contribution in [0.3, 0.4) is 0 Å². The van der Waals surface area contributed by atoms with Crippen molar-refractivity contribution in [3.63, 3.8) is 0 Å². The Bertz CT molecular complexity index is 1220. The van der Waals surface area contributed by atoms with E-state index in [-0.39, 0.29) is 43.2 Å². The first-order valence-corrected chi connectivity index (χ1v) is 12.9. The van der Waals surface area contributed by atoms with Crippen molar-refractivity contribution in [1.82, 2.24) is 15.5 Å². The predicted molar refractivity (Wildman–Crippen MR) is 142 cm³/mol. The maximum atomic E-state index is 13.6. The number of rotatable bonds is 4. The summed E-state index contributed by atoms with van der Waals surface area (Å²) in [6, 6.07) is 6.36. The summed E-state index contributed by atoms with van der Waals surface area (Å²) in [4.78, 5) is 41.6. The van der Waals surface area contributed by atoms with Crippen LogP contribution in [0.1, 0.15) is 17.5 Å². The molecule has 0 aliphatic carbocycles. The summed E-state index contributed by atoms with van der Waals surface area (Å²) in [5.41, 5.74) is 13.9. The minimum absolute atomic E-state index is 0.0254. The van der Waals surface area contributed by atoms with Crippen molar-refractivity contribution in [2.45, 2.75) is 43.5 Å². The molecule has 39 heavy (non-hydrogen) atoms. The molecular weight excluding hydrogens is 506 g/mol. The van der Waals surface area contributed by atoms with Gasteiger partial charge in [0.2, 0.25) is 17.7 Å². The average Bonchev–Trinajstić information content (AvgIpc) is 2.94. The Morgan fingerprint density at radius 1 is 0.974 bits per heavy atom. The Hall–Kier alpha value is -3.71. The number of ether oxygens (including phenoxy) is 1. The number of carbonyl (C=O) groups excluding carboxylic acids is 3. The average molecular weight is 542 g/mol. The van der Waals surface area contributed by atoms with Crippen molar-refractivity contribution in [2.24, 2.45) is 11.5 Å². The van der Waals surface area contributed by atoms with E-state index in [1.54, 1.807) is 29.2 Å². The maximum Gasteiger partial charge on any atom is 0.245 e. The van der Waals surface area contributed by atoms with E-state index in [1.807, 2.05) is 0 Å². The molecule has 3 amide bonds. The Kier molecular flexibility index (Phi) is 9.02. The third kappa shape index (κ3) is 6.84. The number of aliphatic hydroxyl groups excluding tert-OH is 1. The summed E-state index contributed by atoms with van der Waals surface area (Å²) in [6.45, 7) is 1.25. The van der Waals surface area contributed by atoms with Crippen LogP contribution in [0.25, 0.3) is 11.1 Å². The lowest BCUT2D eigenvalue weighted by molar-refractivity contribution is -0.140. The number of fused-ring (bicyclic) bond motifs is 5. The number of aliphatic hydroxyl groups is 1. The molecule has 2 aromatic rings. The van der Waals surface area contributed by atoms with E-state index in [0.29, 0.717) is 48.6 Å². The minimum atomic E-state index is -1.24. The van der Waals surface area contributed by atoms with E-state index in [9.17, 15) is 29.7 Å². The molecular formula is C27H35N5O7. The van der Waals surface area contributed by atoms with Crippen LogP contribution in [0.2, 0.25) is 0 Å². The van der Waals surface area contributed by atoms with Gasteiger partial charge < -0.3 is 47.1 Å². The summed E-state index contributed by atoms with van der Waals surface area (Å²) < 4.78 is 5.35. The zero-order chi connectivity index (χ0) is 28.1. The van der Waals surface area contributed by atoms with Gasteiger partial charge in [-0.2, -0.15) is 0 Å². The summed E-state index contributed by atoms with van der Waals surface area (Å²) in [6.07, 6.45) is -1.37. The smallest absolute Gasteiger partial charge is 0.245 e. The number of phenolic OH excluding ortho intramolecular Hbond substituents is 2.